The fourth-order valence-corrected chi connectivity index (χ4v) is 1.81. The lowest BCUT2D eigenvalue weighted by Crippen LogP contribution is -2.20. The molecule has 0 amide bonds. The predicted molar refractivity (Wildman–Crippen MR) is 73.5 cm³/mol. The Morgan fingerprint density at radius 3 is 3.00 bits per heavy atom. The number of aromatic nitrogens is 1. The van der Waals surface area contributed by atoms with Crippen molar-refractivity contribution < 1.29 is 9.84 Å². The lowest BCUT2D eigenvalue weighted by molar-refractivity contribution is 0.211. The number of hydrogen-bond acceptors (Lipinski definition) is 4. The first-order valence-corrected chi connectivity index (χ1v) is 6.18. The number of fused-ring (bicyclic) bond motifs is 1. The number of nitrogens with one attached hydrogen (secondary N) is 1. The summed E-state index contributed by atoms with van der Waals surface area (Å²) in [6, 6.07) is 7.80. The van der Waals surface area contributed by atoms with E-state index < -0.39 is 6.10 Å². The Labute approximate surface area is 111 Å². The molecule has 5 heteroatoms. The van der Waals surface area contributed by atoms with Gasteiger partial charge in [0.1, 0.15) is 0 Å². The predicted octanol–water partition coefficient (Wildman–Crippen LogP) is 2.25. The summed E-state index contributed by atoms with van der Waals surface area (Å²) in [6.45, 7) is 0.414. The molecule has 0 spiro atoms. The number of ether oxygens (including phenoxy) is 1. The van der Waals surface area contributed by atoms with Crippen molar-refractivity contribution in [1.29, 1.82) is 0 Å². The molecular formula is C13H15ClN2O2. The number of hydrogen-bond donors (Lipinski definition) is 2. The van der Waals surface area contributed by atoms with Crippen LogP contribution in [0.3, 0.4) is 0 Å². The molecule has 2 N–H and O–H groups in total. The number of anilines is 1. The molecule has 0 saturated heterocycles. The Hall–Kier alpha value is -1.52. The Balaban J connectivity index is 2.25. The monoisotopic (exact) mass is 266 g/mol. The molecule has 0 bridgehead atoms. The van der Waals surface area contributed by atoms with Crippen LogP contribution in [0.15, 0.2) is 30.5 Å². The minimum Gasteiger partial charge on any atom is -0.481 e. The summed E-state index contributed by atoms with van der Waals surface area (Å²) in [5.74, 6) is 0.805. The summed E-state index contributed by atoms with van der Waals surface area (Å²) in [4.78, 5) is 4.16. The van der Waals surface area contributed by atoms with Crippen LogP contribution in [0, 0.1) is 0 Å². The maximum atomic E-state index is 9.40. The smallest absolute Gasteiger partial charge is 0.221 e. The molecule has 1 atom stereocenters. The van der Waals surface area contributed by atoms with E-state index >= 15 is 0 Å². The van der Waals surface area contributed by atoms with Crippen molar-refractivity contribution in [1.82, 2.24) is 4.98 Å². The van der Waals surface area contributed by atoms with Crippen LogP contribution in [0.25, 0.3) is 10.8 Å². The molecule has 1 unspecified atom stereocenters. The molecule has 0 aliphatic rings. The van der Waals surface area contributed by atoms with Gasteiger partial charge in [-0.3, -0.25) is 0 Å². The maximum Gasteiger partial charge on any atom is 0.221 e. The van der Waals surface area contributed by atoms with Crippen molar-refractivity contribution in [3.8, 4) is 5.88 Å². The van der Waals surface area contributed by atoms with Crippen molar-refractivity contribution in [3.63, 3.8) is 0 Å². The van der Waals surface area contributed by atoms with Gasteiger partial charge in [-0.05, 0) is 23.6 Å². The van der Waals surface area contributed by atoms with E-state index in [1.165, 1.54) is 0 Å². The van der Waals surface area contributed by atoms with Gasteiger partial charge in [0.15, 0.2) is 0 Å². The summed E-state index contributed by atoms with van der Waals surface area (Å²) in [7, 11) is 1.60. The van der Waals surface area contributed by atoms with Gasteiger partial charge < -0.3 is 15.2 Å². The molecule has 18 heavy (non-hydrogen) atoms. The SMILES string of the molecule is COc1nccc2ccc(NCC(O)CCl)cc12. The molecule has 1 aromatic carbocycles. The van der Waals surface area contributed by atoms with Gasteiger partial charge in [0.2, 0.25) is 5.88 Å². The molecule has 4 nitrogen and oxygen atoms in total. The van der Waals surface area contributed by atoms with Crippen molar-refractivity contribution in [3.05, 3.63) is 30.5 Å². The van der Waals surface area contributed by atoms with Gasteiger partial charge in [0, 0.05) is 23.8 Å². The first-order chi connectivity index (χ1) is 8.74. The van der Waals surface area contributed by atoms with E-state index in [-0.39, 0.29) is 5.88 Å². The molecule has 96 valence electrons. The van der Waals surface area contributed by atoms with Crippen LogP contribution >= 0.6 is 11.6 Å². The fourth-order valence-electron chi connectivity index (χ4n) is 1.70. The van der Waals surface area contributed by atoms with E-state index in [1.54, 1.807) is 13.3 Å². The number of pyridine rings is 1. The first-order valence-electron chi connectivity index (χ1n) is 5.65. The zero-order valence-electron chi connectivity index (χ0n) is 10.1. The van der Waals surface area contributed by atoms with Gasteiger partial charge >= 0.3 is 0 Å². The average Bonchev–Trinajstić information content (AvgIpc) is 2.43. The van der Waals surface area contributed by atoms with E-state index in [4.69, 9.17) is 16.3 Å². The Morgan fingerprint density at radius 1 is 1.44 bits per heavy atom. The van der Waals surface area contributed by atoms with Crippen LogP contribution in [-0.2, 0) is 0 Å². The second kappa shape index (κ2) is 5.89. The highest BCUT2D eigenvalue weighted by atomic mass is 35.5. The second-order valence-corrected chi connectivity index (χ2v) is 4.25. The number of benzene rings is 1. The number of rotatable bonds is 5. The Bertz CT molecular complexity index is 533. The molecule has 2 aromatic rings. The van der Waals surface area contributed by atoms with Crippen molar-refractivity contribution in [2.45, 2.75) is 6.10 Å². The number of halogens is 1. The van der Waals surface area contributed by atoms with Crippen molar-refractivity contribution in [2.24, 2.45) is 0 Å². The maximum absolute atomic E-state index is 9.40. The molecule has 0 fully saturated rings. The van der Waals surface area contributed by atoms with Gasteiger partial charge in [-0.15, -0.1) is 11.6 Å². The molecular weight excluding hydrogens is 252 g/mol. The van der Waals surface area contributed by atoms with Crippen LogP contribution in [-0.4, -0.2) is 35.7 Å². The van der Waals surface area contributed by atoms with Crippen molar-refractivity contribution in [2.75, 3.05) is 24.9 Å². The van der Waals surface area contributed by atoms with E-state index in [9.17, 15) is 5.11 Å². The number of nitrogens with zero attached hydrogens (tertiary/aromatic N) is 1. The summed E-state index contributed by atoms with van der Waals surface area (Å²) in [5.41, 5.74) is 0.901. The molecule has 0 radical (unpaired) electrons. The second-order valence-electron chi connectivity index (χ2n) is 3.95. The van der Waals surface area contributed by atoms with E-state index in [0.717, 1.165) is 16.5 Å². The zero-order chi connectivity index (χ0) is 13.0. The third-order valence-electron chi connectivity index (χ3n) is 2.64. The summed E-state index contributed by atoms with van der Waals surface area (Å²) in [5, 5.41) is 14.5. The fraction of sp³-hybridized carbons (Fsp3) is 0.308. The lowest BCUT2D eigenvalue weighted by Gasteiger charge is -2.11. The molecule has 1 heterocycles. The van der Waals surface area contributed by atoms with Gasteiger partial charge in [-0.2, -0.15) is 0 Å². The average molecular weight is 267 g/mol. The normalized spacial score (nSPS) is 12.4. The highest BCUT2D eigenvalue weighted by molar-refractivity contribution is 6.18. The van der Waals surface area contributed by atoms with E-state index in [2.05, 4.69) is 10.3 Å². The van der Waals surface area contributed by atoms with E-state index in [1.807, 2.05) is 24.3 Å². The Morgan fingerprint density at radius 2 is 2.28 bits per heavy atom. The lowest BCUT2D eigenvalue weighted by atomic mass is 10.1. The summed E-state index contributed by atoms with van der Waals surface area (Å²) >= 11 is 5.54. The molecule has 0 aliphatic heterocycles. The van der Waals surface area contributed by atoms with E-state index in [0.29, 0.717) is 12.4 Å². The number of aliphatic hydroxyl groups is 1. The summed E-state index contributed by atoms with van der Waals surface area (Å²) in [6.07, 6.45) is 1.16. The standard InChI is InChI=1S/C13H15ClN2O2/c1-18-13-12-6-10(16-8-11(17)7-14)3-2-9(12)4-5-15-13/h2-6,11,16-17H,7-8H2,1H3. The highest BCUT2D eigenvalue weighted by Gasteiger charge is 2.05. The van der Waals surface area contributed by atoms with Crippen LogP contribution in [0.4, 0.5) is 5.69 Å². The Kier molecular flexibility index (Phi) is 4.23. The first kappa shape index (κ1) is 12.9. The quantitative estimate of drug-likeness (QED) is 0.815. The van der Waals surface area contributed by atoms with Gasteiger partial charge in [0.25, 0.3) is 0 Å². The van der Waals surface area contributed by atoms with Crippen LogP contribution in [0.2, 0.25) is 0 Å². The number of alkyl halides is 1. The third-order valence-corrected chi connectivity index (χ3v) is 3.00. The molecule has 1 aromatic heterocycles. The topological polar surface area (TPSA) is 54.4 Å². The van der Waals surface area contributed by atoms with Crippen LogP contribution in [0.1, 0.15) is 0 Å². The number of methoxy groups -OCH3 is 1. The van der Waals surface area contributed by atoms with Gasteiger partial charge in [-0.25, -0.2) is 4.98 Å². The van der Waals surface area contributed by atoms with Crippen LogP contribution < -0.4 is 10.1 Å². The third kappa shape index (κ3) is 2.83. The molecule has 2 rings (SSSR count). The minimum atomic E-state index is -0.557. The summed E-state index contributed by atoms with van der Waals surface area (Å²) < 4.78 is 5.22. The minimum absolute atomic E-state index is 0.214. The highest BCUT2D eigenvalue weighted by Crippen LogP contribution is 2.25. The largest absolute Gasteiger partial charge is 0.481 e. The van der Waals surface area contributed by atoms with Crippen LogP contribution in [0.5, 0.6) is 5.88 Å². The molecule has 0 saturated carbocycles. The van der Waals surface area contributed by atoms with Gasteiger partial charge in [-0.1, -0.05) is 6.07 Å². The van der Waals surface area contributed by atoms with Crippen molar-refractivity contribution >= 4 is 28.1 Å². The van der Waals surface area contributed by atoms with Gasteiger partial charge in [0.05, 0.1) is 19.1 Å². The molecule has 0 aliphatic carbocycles. The zero-order valence-corrected chi connectivity index (χ0v) is 10.8. The number of aliphatic hydroxyl groups excluding tert-OH is 1.